The lowest BCUT2D eigenvalue weighted by atomic mass is 10.0. The Labute approximate surface area is 102 Å². The molecule has 0 unspecified atom stereocenters. The van der Waals surface area contributed by atoms with Crippen molar-refractivity contribution < 1.29 is 0 Å². The molecule has 0 saturated heterocycles. The second kappa shape index (κ2) is 3.72. The van der Waals surface area contributed by atoms with E-state index in [1.54, 1.807) is 6.20 Å². The summed E-state index contributed by atoms with van der Waals surface area (Å²) in [5.74, 6) is 1.16. The maximum absolute atomic E-state index is 5.89. The standard InChI is InChI=1S/C13H20N4/c1-12(2)10(13(12,3)4)17-11(14)16-9-7-5-6-8-15-9/h5-8,10H,1-4H3,(H3,14,15,16,17). The molecule has 1 heterocycles. The normalized spacial score (nSPS) is 22.2. The SMILES string of the molecule is CC1(C)C(N=C(N)Nc2ccccn2)C1(C)C. The molecular weight excluding hydrogens is 212 g/mol. The molecule has 3 N–H and O–H groups in total. The van der Waals surface area contributed by atoms with Gasteiger partial charge in [-0.15, -0.1) is 0 Å². The summed E-state index contributed by atoms with van der Waals surface area (Å²) in [6.07, 6.45) is 1.72. The second-order valence-electron chi connectivity index (χ2n) is 5.70. The highest BCUT2D eigenvalue weighted by Crippen LogP contribution is 2.64. The number of nitrogens with zero attached hydrogens (tertiary/aromatic N) is 2. The van der Waals surface area contributed by atoms with Crippen LogP contribution in [0.5, 0.6) is 0 Å². The Balaban J connectivity index is 2.05. The maximum atomic E-state index is 5.89. The van der Waals surface area contributed by atoms with Crippen LogP contribution >= 0.6 is 0 Å². The molecule has 92 valence electrons. The molecule has 17 heavy (non-hydrogen) atoms. The number of pyridine rings is 1. The first-order chi connectivity index (χ1) is 7.85. The molecule has 1 aromatic rings. The molecule has 1 fully saturated rings. The molecule has 0 radical (unpaired) electrons. The summed E-state index contributed by atoms with van der Waals surface area (Å²) in [6.45, 7) is 8.87. The van der Waals surface area contributed by atoms with Crippen LogP contribution in [0.1, 0.15) is 27.7 Å². The van der Waals surface area contributed by atoms with Gasteiger partial charge in [0.25, 0.3) is 0 Å². The van der Waals surface area contributed by atoms with Crippen molar-refractivity contribution in [1.29, 1.82) is 0 Å². The number of guanidine groups is 1. The van der Waals surface area contributed by atoms with Crippen molar-refractivity contribution in [3.8, 4) is 0 Å². The van der Waals surface area contributed by atoms with Crippen molar-refractivity contribution in [3.05, 3.63) is 24.4 Å². The van der Waals surface area contributed by atoms with Crippen molar-refractivity contribution >= 4 is 11.8 Å². The largest absolute Gasteiger partial charge is 0.370 e. The molecule has 1 aliphatic carbocycles. The molecular formula is C13H20N4. The Kier molecular flexibility index (Phi) is 2.60. The molecule has 4 nitrogen and oxygen atoms in total. The maximum Gasteiger partial charge on any atom is 0.194 e. The van der Waals surface area contributed by atoms with Gasteiger partial charge in [0.2, 0.25) is 0 Å². The highest BCUT2D eigenvalue weighted by molar-refractivity contribution is 5.91. The van der Waals surface area contributed by atoms with E-state index in [0.29, 0.717) is 5.96 Å². The van der Waals surface area contributed by atoms with E-state index < -0.39 is 0 Å². The number of hydrogen-bond donors (Lipinski definition) is 2. The minimum atomic E-state index is 0.212. The summed E-state index contributed by atoms with van der Waals surface area (Å²) < 4.78 is 0. The molecule has 0 aliphatic heterocycles. The smallest absolute Gasteiger partial charge is 0.194 e. The zero-order chi connectivity index (χ0) is 12.7. The van der Waals surface area contributed by atoms with E-state index in [-0.39, 0.29) is 16.9 Å². The van der Waals surface area contributed by atoms with Crippen LogP contribution in [0.25, 0.3) is 0 Å². The summed E-state index contributed by atoms with van der Waals surface area (Å²) in [4.78, 5) is 8.68. The van der Waals surface area contributed by atoms with Gasteiger partial charge in [0.15, 0.2) is 5.96 Å². The van der Waals surface area contributed by atoms with E-state index in [4.69, 9.17) is 5.73 Å². The number of hydrogen-bond acceptors (Lipinski definition) is 2. The molecule has 1 aliphatic rings. The fourth-order valence-electron chi connectivity index (χ4n) is 2.22. The van der Waals surface area contributed by atoms with Crippen LogP contribution in [-0.2, 0) is 0 Å². The third-order valence-corrected chi connectivity index (χ3v) is 4.13. The first-order valence-corrected chi connectivity index (χ1v) is 5.87. The van der Waals surface area contributed by atoms with Gasteiger partial charge in [0, 0.05) is 6.20 Å². The third kappa shape index (κ3) is 1.99. The fraction of sp³-hybridized carbons (Fsp3) is 0.538. The van der Waals surface area contributed by atoms with Crippen LogP contribution in [0.15, 0.2) is 29.4 Å². The minimum absolute atomic E-state index is 0.212. The number of rotatable bonds is 2. The van der Waals surface area contributed by atoms with E-state index in [0.717, 1.165) is 5.82 Å². The van der Waals surface area contributed by atoms with Crippen molar-refractivity contribution in [3.63, 3.8) is 0 Å². The summed E-state index contributed by atoms with van der Waals surface area (Å²) in [6, 6.07) is 5.91. The Bertz CT molecular complexity index is 420. The molecule has 0 bridgehead atoms. The molecule has 0 amide bonds. The van der Waals surface area contributed by atoms with Crippen molar-refractivity contribution in [2.24, 2.45) is 21.6 Å². The van der Waals surface area contributed by atoms with Gasteiger partial charge in [0.05, 0.1) is 6.04 Å². The fourth-order valence-corrected chi connectivity index (χ4v) is 2.22. The van der Waals surface area contributed by atoms with Gasteiger partial charge in [-0.2, -0.15) is 0 Å². The van der Waals surface area contributed by atoms with Gasteiger partial charge in [-0.25, -0.2) is 9.98 Å². The van der Waals surface area contributed by atoms with Crippen LogP contribution in [0.3, 0.4) is 0 Å². The predicted octanol–water partition coefficient (Wildman–Crippen LogP) is 2.24. The molecule has 0 atom stereocenters. The van der Waals surface area contributed by atoms with E-state index >= 15 is 0 Å². The monoisotopic (exact) mass is 232 g/mol. The van der Waals surface area contributed by atoms with E-state index in [9.17, 15) is 0 Å². The topological polar surface area (TPSA) is 63.3 Å². The average molecular weight is 232 g/mol. The van der Waals surface area contributed by atoms with Gasteiger partial charge in [0.1, 0.15) is 5.82 Å². The second-order valence-corrected chi connectivity index (χ2v) is 5.70. The number of nitrogens with one attached hydrogen (secondary N) is 1. The number of aliphatic imine (C=N–C) groups is 1. The van der Waals surface area contributed by atoms with Gasteiger partial charge in [-0.3, -0.25) is 0 Å². The molecule has 1 saturated carbocycles. The Morgan fingerprint density at radius 2 is 1.94 bits per heavy atom. The van der Waals surface area contributed by atoms with Crippen LogP contribution in [0.4, 0.5) is 5.82 Å². The zero-order valence-electron chi connectivity index (χ0n) is 10.9. The first kappa shape index (κ1) is 11.9. The Hall–Kier alpha value is -1.58. The Morgan fingerprint density at radius 3 is 2.41 bits per heavy atom. The molecule has 1 aromatic heterocycles. The predicted molar refractivity (Wildman–Crippen MR) is 70.8 cm³/mol. The van der Waals surface area contributed by atoms with Gasteiger partial charge in [-0.1, -0.05) is 33.8 Å². The highest BCUT2D eigenvalue weighted by Gasteiger charge is 2.65. The van der Waals surface area contributed by atoms with E-state index in [2.05, 4.69) is 43.0 Å². The lowest BCUT2D eigenvalue weighted by Crippen LogP contribution is -2.24. The summed E-state index contributed by atoms with van der Waals surface area (Å²) in [5.41, 5.74) is 6.31. The van der Waals surface area contributed by atoms with Crippen LogP contribution in [0.2, 0.25) is 0 Å². The quantitative estimate of drug-likeness (QED) is 0.607. The van der Waals surface area contributed by atoms with Gasteiger partial charge >= 0.3 is 0 Å². The van der Waals surface area contributed by atoms with Gasteiger partial charge < -0.3 is 11.1 Å². The minimum Gasteiger partial charge on any atom is -0.370 e. The zero-order valence-corrected chi connectivity index (χ0v) is 10.9. The summed E-state index contributed by atoms with van der Waals surface area (Å²) >= 11 is 0. The molecule has 0 spiro atoms. The lowest BCUT2D eigenvalue weighted by Gasteiger charge is -2.04. The summed E-state index contributed by atoms with van der Waals surface area (Å²) in [5, 5.41) is 3.01. The summed E-state index contributed by atoms with van der Waals surface area (Å²) in [7, 11) is 0. The van der Waals surface area contributed by atoms with E-state index in [1.807, 2.05) is 18.2 Å². The van der Waals surface area contributed by atoms with Crippen molar-refractivity contribution in [2.45, 2.75) is 33.7 Å². The van der Waals surface area contributed by atoms with Crippen molar-refractivity contribution in [2.75, 3.05) is 5.32 Å². The molecule has 4 heteroatoms. The van der Waals surface area contributed by atoms with Crippen molar-refractivity contribution in [1.82, 2.24) is 4.98 Å². The highest BCUT2D eigenvalue weighted by atomic mass is 15.2. The number of anilines is 1. The van der Waals surface area contributed by atoms with Gasteiger partial charge in [-0.05, 0) is 23.0 Å². The first-order valence-electron chi connectivity index (χ1n) is 5.87. The molecule has 2 rings (SSSR count). The third-order valence-electron chi connectivity index (χ3n) is 4.13. The van der Waals surface area contributed by atoms with E-state index in [1.165, 1.54) is 0 Å². The number of nitrogens with two attached hydrogens (primary N) is 1. The Morgan fingerprint density at radius 1 is 1.29 bits per heavy atom. The average Bonchev–Trinajstić information content (AvgIpc) is 2.62. The molecule has 0 aromatic carbocycles. The van der Waals surface area contributed by atoms with Crippen LogP contribution in [0, 0.1) is 10.8 Å². The lowest BCUT2D eigenvalue weighted by molar-refractivity contribution is 0.457. The number of aromatic nitrogens is 1. The van der Waals surface area contributed by atoms with Crippen LogP contribution < -0.4 is 11.1 Å². The van der Waals surface area contributed by atoms with Crippen LogP contribution in [-0.4, -0.2) is 17.0 Å².